The topological polar surface area (TPSA) is 78.0 Å². The van der Waals surface area contributed by atoms with Gasteiger partial charge in [-0.3, -0.25) is 11.3 Å². The second-order valence-electron chi connectivity index (χ2n) is 4.17. The highest BCUT2D eigenvalue weighted by Gasteiger charge is 2.33. The Morgan fingerprint density at radius 1 is 1.69 bits per heavy atom. The van der Waals surface area contributed by atoms with E-state index in [1.54, 1.807) is 4.68 Å². The smallest absolute Gasteiger partial charge is 0.153 e. The molecule has 0 saturated carbocycles. The molecular weight excluding hydrogens is 274 g/mol. The zero-order valence-electron chi connectivity index (χ0n) is 9.35. The number of hydrazine groups is 1. The minimum absolute atomic E-state index is 0.0133. The van der Waals surface area contributed by atoms with Crippen molar-refractivity contribution in [2.75, 3.05) is 6.61 Å². The summed E-state index contributed by atoms with van der Waals surface area (Å²) in [6, 6.07) is 0.0133. The fraction of sp³-hybridized carbons (Fsp3) is 0.778. The van der Waals surface area contributed by atoms with Crippen LogP contribution in [-0.4, -0.2) is 27.7 Å². The van der Waals surface area contributed by atoms with Gasteiger partial charge in [-0.05, 0) is 29.3 Å². The van der Waals surface area contributed by atoms with E-state index >= 15 is 0 Å². The summed E-state index contributed by atoms with van der Waals surface area (Å²) >= 11 is 3.39. The predicted molar refractivity (Wildman–Crippen MR) is 62.3 cm³/mol. The van der Waals surface area contributed by atoms with Crippen LogP contribution < -0.4 is 11.3 Å². The molecule has 1 aliphatic heterocycles. The highest BCUT2D eigenvalue weighted by Crippen LogP contribution is 2.33. The van der Waals surface area contributed by atoms with Gasteiger partial charge in [-0.25, -0.2) is 4.68 Å². The number of hydrogen-bond acceptors (Lipinski definition) is 5. The lowest BCUT2D eigenvalue weighted by Gasteiger charge is -2.21. The lowest BCUT2D eigenvalue weighted by molar-refractivity contribution is 0.116. The molecule has 0 bridgehead atoms. The van der Waals surface area contributed by atoms with Gasteiger partial charge in [-0.2, -0.15) is 0 Å². The molecule has 90 valence electrons. The fourth-order valence-electron chi connectivity index (χ4n) is 2.19. The van der Waals surface area contributed by atoms with Gasteiger partial charge in [-0.1, -0.05) is 5.21 Å². The number of nitrogens with zero attached hydrogens (tertiary/aromatic N) is 3. The van der Waals surface area contributed by atoms with E-state index in [4.69, 9.17) is 10.6 Å². The van der Waals surface area contributed by atoms with Gasteiger partial charge in [-0.15, -0.1) is 5.10 Å². The molecule has 2 heterocycles. The maximum Gasteiger partial charge on any atom is 0.153 e. The SMILES string of the molecule is CC1CC(C(NN)c2c(Br)nnn2C)CO1. The summed E-state index contributed by atoms with van der Waals surface area (Å²) in [7, 11) is 1.86. The Kier molecular flexibility index (Phi) is 3.58. The molecule has 7 heteroatoms. The maximum absolute atomic E-state index is 5.63. The molecule has 2 rings (SSSR count). The number of aryl methyl sites for hydroxylation is 1. The highest BCUT2D eigenvalue weighted by molar-refractivity contribution is 9.10. The van der Waals surface area contributed by atoms with Crippen molar-refractivity contribution in [3.05, 3.63) is 10.3 Å². The third-order valence-electron chi connectivity index (χ3n) is 3.00. The molecule has 1 aliphatic rings. The van der Waals surface area contributed by atoms with Gasteiger partial charge in [0.25, 0.3) is 0 Å². The quantitative estimate of drug-likeness (QED) is 0.626. The van der Waals surface area contributed by atoms with Crippen molar-refractivity contribution in [1.29, 1.82) is 0 Å². The van der Waals surface area contributed by atoms with Crippen molar-refractivity contribution < 1.29 is 4.74 Å². The Morgan fingerprint density at radius 2 is 2.44 bits per heavy atom. The molecule has 1 saturated heterocycles. The van der Waals surface area contributed by atoms with Gasteiger partial charge in [0.1, 0.15) is 0 Å². The molecule has 0 aliphatic carbocycles. The van der Waals surface area contributed by atoms with Gasteiger partial charge in [0.2, 0.25) is 0 Å². The molecule has 1 fully saturated rings. The second kappa shape index (κ2) is 4.79. The van der Waals surface area contributed by atoms with Crippen molar-refractivity contribution in [3.63, 3.8) is 0 Å². The first kappa shape index (κ1) is 12.0. The van der Waals surface area contributed by atoms with Crippen molar-refractivity contribution in [2.24, 2.45) is 18.8 Å². The van der Waals surface area contributed by atoms with E-state index in [1.807, 2.05) is 7.05 Å². The van der Waals surface area contributed by atoms with Crippen molar-refractivity contribution >= 4 is 15.9 Å². The van der Waals surface area contributed by atoms with Crippen LogP contribution in [-0.2, 0) is 11.8 Å². The van der Waals surface area contributed by atoms with Crippen molar-refractivity contribution in [2.45, 2.75) is 25.5 Å². The van der Waals surface area contributed by atoms with Crippen LogP contribution in [0.1, 0.15) is 25.1 Å². The van der Waals surface area contributed by atoms with E-state index in [2.05, 4.69) is 38.6 Å². The standard InChI is InChI=1S/C9H16BrN5O/c1-5-3-6(4-16-5)7(12-11)8-9(10)13-14-15(8)2/h5-7,12H,3-4,11H2,1-2H3. The zero-order chi connectivity index (χ0) is 11.7. The summed E-state index contributed by atoms with van der Waals surface area (Å²) < 4.78 is 8.03. The molecule has 6 nitrogen and oxygen atoms in total. The Bertz CT molecular complexity index is 349. The maximum atomic E-state index is 5.63. The summed E-state index contributed by atoms with van der Waals surface area (Å²) in [6.07, 6.45) is 1.28. The van der Waals surface area contributed by atoms with E-state index in [-0.39, 0.29) is 6.04 Å². The second-order valence-corrected chi connectivity index (χ2v) is 4.92. The molecule has 1 aromatic rings. The molecule has 0 radical (unpaired) electrons. The Labute approximate surface area is 103 Å². The average molecular weight is 290 g/mol. The van der Waals surface area contributed by atoms with Gasteiger partial charge in [0.05, 0.1) is 24.4 Å². The van der Waals surface area contributed by atoms with Crippen LogP contribution >= 0.6 is 15.9 Å². The summed E-state index contributed by atoms with van der Waals surface area (Å²) in [6.45, 7) is 2.79. The average Bonchev–Trinajstić information content (AvgIpc) is 2.80. The van der Waals surface area contributed by atoms with Gasteiger partial charge in [0.15, 0.2) is 4.60 Å². The normalized spacial score (nSPS) is 27.2. The van der Waals surface area contributed by atoms with Crippen molar-refractivity contribution in [1.82, 2.24) is 20.4 Å². The van der Waals surface area contributed by atoms with E-state index in [0.717, 1.165) is 16.7 Å². The Balaban J connectivity index is 2.22. The number of nitrogens with one attached hydrogen (secondary N) is 1. The molecule has 0 spiro atoms. The summed E-state index contributed by atoms with van der Waals surface area (Å²) in [5, 5.41) is 7.93. The minimum atomic E-state index is 0.0133. The lowest BCUT2D eigenvalue weighted by atomic mass is 9.95. The molecule has 3 atom stereocenters. The summed E-state index contributed by atoms with van der Waals surface area (Å²) in [4.78, 5) is 0. The number of aromatic nitrogens is 3. The lowest BCUT2D eigenvalue weighted by Crippen LogP contribution is -2.35. The first-order chi connectivity index (χ1) is 7.63. The Morgan fingerprint density at radius 3 is 2.88 bits per heavy atom. The predicted octanol–water partition coefficient (Wildman–Crippen LogP) is 0.507. The molecular formula is C9H16BrN5O. The third-order valence-corrected chi connectivity index (χ3v) is 3.57. The molecule has 0 aromatic carbocycles. The van der Waals surface area contributed by atoms with Crippen LogP contribution in [0.25, 0.3) is 0 Å². The Hall–Kier alpha value is -0.500. The highest BCUT2D eigenvalue weighted by atomic mass is 79.9. The molecule has 1 aromatic heterocycles. The van der Waals surface area contributed by atoms with E-state index in [9.17, 15) is 0 Å². The van der Waals surface area contributed by atoms with E-state index in [0.29, 0.717) is 18.6 Å². The molecule has 0 amide bonds. The molecule has 3 N–H and O–H groups in total. The summed E-state index contributed by atoms with van der Waals surface area (Å²) in [5.41, 5.74) is 3.80. The van der Waals surface area contributed by atoms with Crippen LogP contribution in [0.4, 0.5) is 0 Å². The monoisotopic (exact) mass is 289 g/mol. The van der Waals surface area contributed by atoms with Crippen LogP contribution in [0.2, 0.25) is 0 Å². The first-order valence-corrected chi connectivity index (χ1v) is 6.05. The number of ether oxygens (including phenoxy) is 1. The van der Waals surface area contributed by atoms with Gasteiger partial charge >= 0.3 is 0 Å². The van der Waals surface area contributed by atoms with Crippen molar-refractivity contribution in [3.8, 4) is 0 Å². The summed E-state index contributed by atoms with van der Waals surface area (Å²) in [5.74, 6) is 5.99. The van der Waals surface area contributed by atoms with Crippen LogP contribution in [0.5, 0.6) is 0 Å². The minimum Gasteiger partial charge on any atom is -0.378 e. The molecule has 16 heavy (non-hydrogen) atoms. The first-order valence-electron chi connectivity index (χ1n) is 5.26. The largest absolute Gasteiger partial charge is 0.378 e. The van der Waals surface area contributed by atoms with Crippen LogP contribution in [0.3, 0.4) is 0 Å². The van der Waals surface area contributed by atoms with E-state index < -0.39 is 0 Å². The number of nitrogens with two attached hydrogens (primary N) is 1. The van der Waals surface area contributed by atoms with Gasteiger partial charge in [0, 0.05) is 13.0 Å². The number of halogens is 1. The van der Waals surface area contributed by atoms with E-state index in [1.165, 1.54) is 0 Å². The zero-order valence-corrected chi connectivity index (χ0v) is 10.9. The fourth-order valence-corrected chi connectivity index (χ4v) is 2.76. The van der Waals surface area contributed by atoms with Crippen LogP contribution in [0, 0.1) is 5.92 Å². The van der Waals surface area contributed by atoms with Gasteiger partial charge < -0.3 is 4.74 Å². The number of rotatable bonds is 3. The third kappa shape index (κ3) is 2.13. The van der Waals surface area contributed by atoms with Crippen LogP contribution in [0.15, 0.2) is 4.60 Å². The number of hydrogen-bond donors (Lipinski definition) is 2. The molecule has 3 unspecified atom stereocenters.